The third-order valence-electron chi connectivity index (χ3n) is 2.72. The minimum Gasteiger partial charge on any atom is -0.457 e. The molecule has 1 atom stereocenters. The lowest BCUT2D eigenvalue weighted by atomic mass is 10.2. The third-order valence-corrected chi connectivity index (χ3v) is 2.72. The highest BCUT2D eigenvalue weighted by Crippen LogP contribution is 2.24. The van der Waals surface area contributed by atoms with E-state index in [0.29, 0.717) is 0 Å². The molecule has 0 radical (unpaired) electrons. The highest BCUT2D eigenvalue weighted by molar-refractivity contribution is 5.50. The Balaban J connectivity index is 2.09. The molecule has 1 N–H and O–H groups in total. The Kier molecular flexibility index (Phi) is 4.41. The Morgan fingerprint density at radius 1 is 1.11 bits per heavy atom. The van der Waals surface area contributed by atoms with Crippen LogP contribution >= 0.6 is 0 Å². The Bertz CT molecular complexity index is 560. The molecular weight excluding hydrogens is 236 g/mol. The molecule has 0 aliphatic heterocycles. The Labute approximate surface area is 113 Å². The van der Waals surface area contributed by atoms with Gasteiger partial charge in [0.2, 0.25) is 0 Å². The number of nitriles is 1. The molecule has 2 rings (SSSR count). The fraction of sp³-hybridized carbons (Fsp3) is 0.188. The molecular formula is C16H16N2O. The topological polar surface area (TPSA) is 45.0 Å². The second-order valence-electron chi connectivity index (χ2n) is 4.18. The second kappa shape index (κ2) is 6.46. The number of anilines is 1. The largest absolute Gasteiger partial charge is 0.457 e. The average molecular weight is 252 g/mol. The lowest BCUT2D eigenvalue weighted by Crippen LogP contribution is -2.15. The van der Waals surface area contributed by atoms with Gasteiger partial charge in [0.05, 0.1) is 6.07 Å². The summed E-state index contributed by atoms with van der Waals surface area (Å²) < 4.78 is 5.74. The molecule has 1 unspecified atom stereocenters. The molecule has 19 heavy (non-hydrogen) atoms. The summed E-state index contributed by atoms with van der Waals surface area (Å²) in [5.41, 5.74) is 0.891. The summed E-state index contributed by atoms with van der Waals surface area (Å²) >= 11 is 0. The number of para-hydroxylation sites is 1. The first-order chi connectivity index (χ1) is 9.31. The van der Waals surface area contributed by atoms with E-state index in [1.165, 1.54) is 0 Å². The molecule has 0 aliphatic carbocycles. The minimum absolute atomic E-state index is 0.174. The maximum Gasteiger partial charge on any atom is 0.129 e. The van der Waals surface area contributed by atoms with Gasteiger partial charge in [-0.3, -0.25) is 0 Å². The van der Waals surface area contributed by atoms with Crippen LogP contribution in [-0.4, -0.2) is 6.04 Å². The second-order valence-corrected chi connectivity index (χ2v) is 4.18. The zero-order chi connectivity index (χ0) is 13.5. The molecule has 3 nitrogen and oxygen atoms in total. The number of ether oxygens (including phenoxy) is 1. The van der Waals surface area contributed by atoms with Gasteiger partial charge >= 0.3 is 0 Å². The summed E-state index contributed by atoms with van der Waals surface area (Å²) in [7, 11) is 0. The maximum atomic E-state index is 8.95. The molecule has 2 aromatic carbocycles. The van der Waals surface area contributed by atoms with Gasteiger partial charge in [0.25, 0.3) is 0 Å². The number of hydrogen-bond donors (Lipinski definition) is 1. The average Bonchev–Trinajstić information content (AvgIpc) is 2.46. The van der Waals surface area contributed by atoms with Crippen LogP contribution in [0.1, 0.15) is 13.3 Å². The summed E-state index contributed by atoms with van der Waals surface area (Å²) in [4.78, 5) is 0. The lowest BCUT2D eigenvalue weighted by molar-refractivity contribution is 0.483. The van der Waals surface area contributed by atoms with E-state index in [-0.39, 0.29) is 6.04 Å². The number of benzene rings is 2. The van der Waals surface area contributed by atoms with Gasteiger partial charge in [-0.05, 0) is 30.7 Å². The predicted molar refractivity (Wildman–Crippen MR) is 76.3 cm³/mol. The fourth-order valence-electron chi connectivity index (χ4n) is 1.70. The van der Waals surface area contributed by atoms with Gasteiger partial charge < -0.3 is 10.1 Å². The summed E-state index contributed by atoms with van der Waals surface area (Å²) in [6.45, 7) is 1.98. The molecule has 2 aromatic rings. The molecule has 0 saturated carbocycles. The van der Waals surface area contributed by atoms with Gasteiger partial charge in [0.15, 0.2) is 0 Å². The molecule has 3 heteroatoms. The molecule has 0 aromatic heterocycles. The maximum absolute atomic E-state index is 8.95. The van der Waals surface area contributed by atoms with Crippen LogP contribution in [0.15, 0.2) is 54.6 Å². The normalized spacial score (nSPS) is 11.4. The summed E-state index contributed by atoms with van der Waals surface area (Å²) in [5.74, 6) is 1.55. The zero-order valence-electron chi connectivity index (χ0n) is 10.8. The third kappa shape index (κ3) is 3.75. The van der Waals surface area contributed by atoms with Crippen molar-refractivity contribution in [2.24, 2.45) is 0 Å². The Morgan fingerprint density at radius 2 is 1.84 bits per heavy atom. The Morgan fingerprint density at radius 3 is 2.53 bits per heavy atom. The van der Waals surface area contributed by atoms with E-state index in [1.54, 1.807) is 0 Å². The molecule has 0 saturated heterocycles. The summed E-state index contributed by atoms with van der Waals surface area (Å²) in [6.07, 6.45) is 0.764. The SMILES string of the molecule is CCC(C#N)Nc1cccc(Oc2ccccc2)c1. The van der Waals surface area contributed by atoms with Gasteiger partial charge in [-0.15, -0.1) is 0 Å². The van der Waals surface area contributed by atoms with Crippen LogP contribution in [0.3, 0.4) is 0 Å². The van der Waals surface area contributed by atoms with E-state index in [1.807, 2.05) is 61.5 Å². The van der Waals surface area contributed by atoms with Crippen molar-refractivity contribution >= 4 is 5.69 Å². The van der Waals surface area contributed by atoms with Crippen molar-refractivity contribution in [1.29, 1.82) is 5.26 Å². The van der Waals surface area contributed by atoms with E-state index in [2.05, 4.69) is 11.4 Å². The van der Waals surface area contributed by atoms with Crippen LogP contribution < -0.4 is 10.1 Å². The highest BCUT2D eigenvalue weighted by atomic mass is 16.5. The molecule has 0 amide bonds. The van der Waals surface area contributed by atoms with Crippen molar-refractivity contribution in [2.45, 2.75) is 19.4 Å². The van der Waals surface area contributed by atoms with Gasteiger partial charge in [-0.2, -0.15) is 5.26 Å². The first-order valence-corrected chi connectivity index (χ1v) is 6.31. The van der Waals surface area contributed by atoms with Gasteiger partial charge in [0, 0.05) is 11.8 Å². The van der Waals surface area contributed by atoms with Crippen LogP contribution in [-0.2, 0) is 0 Å². The van der Waals surface area contributed by atoms with Gasteiger partial charge in [-0.1, -0.05) is 31.2 Å². The predicted octanol–water partition coefficient (Wildman–Crippen LogP) is 4.19. The van der Waals surface area contributed by atoms with Gasteiger partial charge in [-0.25, -0.2) is 0 Å². The van der Waals surface area contributed by atoms with E-state index in [4.69, 9.17) is 10.00 Å². The van der Waals surface area contributed by atoms with Crippen LogP contribution in [0, 0.1) is 11.3 Å². The van der Waals surface area contributed by atoms with Crippen molar-refractivity contribution < 1.29 is 4.74 Å². The van der Waals surface area contributed by atoms with Crippen LogP contribution in [0.4, 0.5) is 5.69 Å². The zero-order valence-corrected chi connectivity index (χ0v) is 10.8. The van der Waals surface area contributed by atoms with Gasteiger partial charge in [0.1, 0.15) is 17.5 Å². The molecule has 96 valence electrons. The monoisotopic (exact) mass is 252 g/mol. The minimum atomic E-state index is -0.174. The first-order valence-electron chi connectivity index (χ1n) is 6.31. The summed E-state index contributed by atoms with van der Waals surface area (Å²) in [5, 5.41) is 12.1. The standard InChI is InChI=1S/C16H16N2O/c1-2-13(12-17)18-14-7-6-10-16(11-14)19-15-8-4-3-5-9-15/h3-11,13,18H,2H2,1H3. The van der Waals surface area contributed by atoms with Crippen LogP contribution in [0.25, 0.3) is 0 Å². The van der Waals surface area contributed by atoms with Crippen molar-refractivity contribution in [3.63, 3.8) is 0 Å². The van der Waals surface area contributed by atoms with Crippen LogP contribution in [0.5, 0.6) is 11.5 Å². The van der Waals surface area contributed by atoms with Crippen LogP contribution in [0.2, 0.25) is 0 Å². The van der Waals surface area contributed by atoms with E-state index >= 15 is 0 Å². The fourth-order valence-corrected chi connectivity index (χ4v) is 1.70. The molecule has 0 fully saturated rings. The van der Waals surface area contributed by atoms with Crippen molar-refractivity contribution in [3.8, 4) is 17.6 Å². The van der Waals surface area contributed by atoms with Crippen molar-refractivity contribution in [1.82, 2.24) is 0 Å². The summed E-state index contributed by atoms with van der Waals surface area (Å²) in [6, 6.07) is 19.3. The number of rotatable bonds is 5. The van der Waals surface area contributed by atoms with E-state index in [9.17, 15) is 0 Å². The first kappa shape index (κ1) is 13.0. The quantitative estimate of drug-likeness (QED) is 0.867. The molecule has 0 aliphatic rings. The lowest BCUT2D eigenvalue weighted by Gasteiger charge is -2.12. The number of nitrogens with zero attached hydrogens (tertiary/aromatic N) is 1. The molecule has 0 spiro atoms. The smallest absolute Gasteiger partial charge is 0.129 e. The van der Waals surface area contributed by atoms with E-state index < -0.39 is 0 Å². The highest BCUT2D eigenvalue weighted by Gasteiger charge is 2.04. The van der Waals surface area contributed by atoms with E-state index in [0.717, 1.165) is 23.6 Å². The Hall–Kier alpha value is -2.47. The molecule has 0 bridgehead atoms. The number of hydrogen-bond acceptors (Lipinski definition) is 3. The van der Waals surface area contributed by atoms with Crippen molar-refractivity contribution in [3.05, 3.63) is 54.6 Å². The number of nitrogens with one attached hydrogen (secondary N) is 1. The molecule has 0 heterocycles. The van der Waals surface area contributed by atoms with Crippen molar-refractivity contribution in [2.75, 3.05) is 5.32 Å².